The van der Waals surface area contributed by atoms with Crippen LogP contribution in [0.15, 0.2) is 34.9 Å². The number of nitrogens with one attached hydrogen (secondary N) is 1. The van der Waals surface area contributed by atoms with E-state index in [-0.39, 0.29) is 24.9 Å². The van der Waals surface area contributed by atoms with Gasteiger partial charge in [0.15, 0.2) is 12.4 Å². The molecule has 3 rings (SSSR count). The van der Waals surface area contributed by atoms with Crippen molar-refractivity contribution in [3.8, 4) is 5.75 Å². The molecule has 0 aliphatic heterocycles. The van der Waals surface area contributed by atoms with Crippen LogP contribution in [-0.2, 0) is 10.3 Å². The predicted octanol–water partition coefficient (Wildman–Crippen LogP) is 2.48. The first-order valence-electron chi connectivity index (χ1n) is 8.17. The summed E-state index contributed by atoms with van der Waals surface area (Å²) in [6.07, 6.45) is 3.86. The first kappa shape index (κ1) is 19.2. The Labute approximate surface area is 152 Å². The number of nitrogens with two attached hydrogens (primary N) is 1. The molecule has 136 valence electrons. The summed E-state index contributed by atoms with van der Waals surface area (Å²) in [5.41, 5.74) is 5.82. The summed E-state index contributed by atoms with van der Waals surface area (Å²) in [6.45, 7) is 1.71. The molecule has 1 aliphatic rings. The summed E-state index contributed by atoms with van der Waals surface area (Å²) < 4.78 is 10.7. The summed E-state index contributed by atoms with van der Waals surface area (Å²) in [5.74, 6) is 1.27. The number of nitrogens with zero attached hydrogens (tertiary/aromatic N) is 2. The number of aromatic nitrogens is 2. The molecule has 8 heteroatoms. The van der Waals surface area contributed by atoms with E-state index in [2.05, 4.69) is 15.5 Å². The SMILES string of the molecule is CC(NC(=O)COc1ccccc1)c1nc(C2(N)CCCC2)no1.Cl. The standard InChI is InChI=1S/C17H22N4O3.ClH/c1-12(19-14(22)11-23-13-7-3-2-4-8-13)15-20-16(21-24-15)17(18)9-5-6-10-17;/h2-4,7-8,12H,5-6,9-11,18H2,1H3,(H,19,22);1H. The van der Waals surface area contributed by atoms with Crippen molar-refractivity contribution in [1.29, 1.82) is 0 Å². The van der Waals surface area contributed by atoms with E-state index in [0.717, 1.165) is 25.7 Å². The maximum atomic E-state index is 12.0. The van der Waals surface area contributed by atoms with Crippen LogP contribution < -0.4 is 15.8 Å². The van der Waals surface area contributed by atoms with Crippen LogP contribution in [0.25, 0.3) is 0 Å². The van der Waals surface area contributed by atoms with Gasteiger partial charge in [-0.15, -0.1) is 12.4 Å². The Morgan fingerprint density at radius 1 is 1.36 bits per heavy atom. The third-order valence-corrected chi connectivity index (χ3v) is 4.24. The van der Waals surface area contributed by atoms with Crippen molar-refractivity contribution in [3.63, 3.8) is 0 Å². The maximum Gasteiger partial charge on any atom is 0.258 e. The fourth-order valence-corrected chi connectivity index (χ4v) is 2.85. The largest absolute Gasteiger partial charge is 0.484 e. The fourth-order valence-electron chi connectivity index (χ4n) is 2.85. The number of para-hydroxylation sites is 1. The van der Waals surface area contributed by atoms with E-state index in [4.69, 9.17) is 15.0 Å². The molecule has 0 spiro atoms. The van der Waals surface area contributed by atoms with Gasteiger partial charge in [-0.05, 0) is 31.9 Å². The van der Waals surface area contributed by atoms with Crippen LogP contribution in [0.5, 0.6) is 5.75 Å². The van der Waals surface area contributed by atoms with Gasteiger partial charge in [-0.25, -0.2) is 0 Å². The molecule has 1 saturated carbocycles. The highest BCUT2D eigenvalue weighted by Crippen LogP contribution is 2.34. The zero-order valence-electron chi connectivity index (χ0n) is 14.1. The van der Waals surface area contributed by atoms with Crippen LogP contribution in [0.4, 0.5) is 0 Å². The minimum atomic E-state index is -0.498. The third kappa shape index (κ3) is 4.70. The van der Waals surface area contributed by atoms with Crippen LogP contribution in [-0.4, -0.2) is 22.7 Å². The van der Waals surface area contributed by atoms with Crippen molar-refractivity contribution in [2.75, 3.05) is 6.61 Å². The van der Waals surface area contributed by atoms with Crippen molar-refractivity contribution < 1.29 is 14.1 Å². The monoisotopic (exact) mass is 366 g/mol. The molecule has 25 heavy (non-hydrogen) atoms. The quantitative estimate of drug-likeness (QED) is 0.814. The Bertz CT molecular complexity index is 686. The molecular formula is C17H23ClN4O3. The molecule has 0 bridgehead atoms. The minimum Gasteiger partial charge on any atom is -0.484 e. The second-order valence-corrected chi connectivity index (χ2v) is 6.21. The Balaban J connectivity index is 0.00000225. The highest BCUT2D eigenvalue weighted by molar-refractivity contribution is 5.85. The molecular weight excluding hydrogens is 344 g/mol. The highest BCUT2D eigenvalue weighted by Gasteiger charge is 2.36. The lowest BCUT2D eigenvalue weighted by atomic mass is 9.99. The first-order chi connectivity index (χ1) is 11.6. The topological polar surface area (TPSA) is 103 Å². The van der Waals surface area contributed by atoms with Gasteiger partial charge >= 0.3 is 0 Å². The zero-order chi connectivity index (χ0) is 17.0. The molecule has 1 heterocycles. The van der Waals surface area contributed by atoms with E-state index in [1.54, 1.807) is 19.1 Å². The fraction of sp³-hybridized carbons (Fsp3) is 0.471. The van der Waals surface area contributed by atoms with E-state index in [1.807, 2.05) is 18.2 Å². The first-order valence-corrected chi connectivity index (χ1v) is 8.17. The zero-order valence-corrected chi connectivity index (χ0v) is 14.9. The van der Waals surface area contributed by atoms with Gasteiger partial charge in [0.1, 0.15) is 11.8 Å². The maximum absolute atomic E-state index is 12.0. The summed E-state index contributed by atoms with van der Waals surface area (Å²) in [7, 11) is 0. The van der Waals surface area contributed by atoms with E-state index in [0.29, 0.717) is 17.5 Å². The number of halogens is 1. The average molecular weight is 367 g/mol. The van der Waals surface area contributed by atoms with Gasteiger partial charge in [0.25, 0.3) is 5.91 Å². The van der Waals surface area contributed by atoms with Crippen LogP contribution in [0.1, 0.15) is 50.4 Å². The van der Waals surface area contributed by atoms with Crippen molar-refractivity contribution in [1.82, 2.24) is 15.5 Å². The molecule has 0 saturated heterocycles. The number of carbonyl (C=O) groups is 1. The van der Waals surface area contributed by atoms with Crippen molar-refractivity contribution >= 4 is 18.3 Å². The Hall–Kier alpha value is -2.12. The summed E-state index contributed by atoms with van der Waals surface area (Å²) in [4.78, 5) is 16.4. The van der Waals surface area contributed by atoms with Gasteiger partial charge in [-0.3, -0.25) is 4.79 Å². The summed E-state index contributed by atoms with van der Waals surface area (Å²) >= 11 is 0. The highest BCUT2D eigenvalue weighted by atomic mass is 35.5. The van der Waals surface area contributed by atoms with Gasteiger partial charge in [0, 0.05) is 0 Å². The second kappa shape index (κ2) is 8.31. The van der Waals surface area contributed by atoms with E-state index in [9.17, 15) is 4.79 Å². The van der Waals surface area contributed by atoms with Crippen LogP contribution in [0, 0.1) is 0 Å². The van der Waals surface area contributed by atoms with E-state index in [1.165, 1.54) is 0 Å². The molecule has 1 atom stereocenters. The Kier molecular flexibility index (Phi) is 6.39. The van der Waals surface area contributed by atoms with Gasteiger partial charge in [0.05, 0.1) is 5.54 Å². The average Bonchev–Trinajstić information content (AvgIpc) is 3.24. The number of carbonyl (C=O) groups excluding carboxylic acids is 1. The number of ether oxygens (including phenoxy) is 1. The lowest BCUT2D eigenvalue weighted by Gasteiger charge is -2.17. The Morgan fingerprint density at radius 2 is 2.04 bits per heavy atom. The van der Waals surface area contributed by atoms with Crippen LogP contribution in [0.3, 0.4) is 0 Å². The van der Waals surface area contributed by atoms with Gasteiger partial charge in [0.2, 0.25) is 5.89 Å². The van der Waals surface area contributed by atoms with E-state index >= 15 is 0 Å². The van der Waals surface area contributed by atoms with E-state index < -0.39 is 11.6 Å². The lowest BCUT2D eigenvalue weighted by Crippen LogP contribution is -2.35. The predicted molar refractivity (Wildman–Crippen MR) is 94.4 cm³/mol. The summed E-state index contributed by atoms with van der Waals surface area (Å²) in [5, 5.41) is 6.78. The molecule has 1 aromatic heterocycles. The molecule has 3 N–H and O–H groups in total. The number of amides is 1. The minimum absolute atomic E-state index is 0. The molecule has 1 unspecified atom stereocenters. The number of rotatable bonds is 6. The number of hydrogen-bond donors (Lipinski definition) is 2. The normalized spacial score (nSPS) is 16.7. The van der Waals surface area contributed by atoms with Gasteiger partial charge < -0.3 is 20.3 Å². The van der Waals surface area contributed by atoms with Crippen molar-refractivity contribution in [2.45, 2.75) is 44.2 Å². The molecule has 1 fully saturated rings. The number of hydrogen-bond acceptors (Lipinski definition) is 6. The molecule has 1 aromatic carbocycles. The molecule has 0 radical (unpaired) electrons. The van der Waals surface area contributed by atoms with Crippen LogP contribution in [0.2, 0.25) is 0 Å². The number of benzene rings is 1. The smallest absolute Gasteiger partial charge is 0.258 e. The second-order valence-electron chi connectivity index (χ2n) is 6.21. The molecule has 1 aliphatic carbocycles. The van der Waals surface area contributed by atoms with Crippen LogP contribution >= 0.6 is 12.4 Å². The summed E-state index contributed by atoms with van der Waals surface area (Å²) in [6, 6.07) is 8.77. The van der Waals surface area contributed by atoms with Crippen molar-refractivity contribution in [2.24, 2.45) is 5.73 Å². The lowest BCUT2D eigenvalue weighted by molar-refractivity contribution is -0.123. The Morgan fingerprint density at radius 3 is 2.72 bits per heavy atom. The molecule has 1 amide bonds. The third-order valence-electron chi connectivity index (χ3n) is 4.24. The van der Waals surface area contributed by atoms with Crippen molar-refractivity contribution in [3.05, 3.63) is 42.0 Å². The van der Waals surface area contributed by atoms with Gasteiger partial charge in [-0.2, -0.15) is 4.98 Å². The molecule has 7 nitrogen and oxygen atoms in total. The molecule has 2 aromatic rings. The van der Waals surface area contributed by atoms with Gasteiger partial charge in [-0.1, -0.05) is 36.2 Å².